The smallest absolute Gasteiger partial charge is 0.253 e. The van der Waals surface area contributed by atoms with Crippen LogP contribution in [0.1, 0.15) is 73.3 Å². The number of hydrogen-bond acceptors (Lipinski definition) is 2. The number of nitrogens with one attached hydrogen (secondary N) is 1. The molecule has 5 heteroatoms. The van der Waals surface area contributed by atoms with Crippen LogP contribution in [0.15, 0.2) is 54.6 Å². The van der Waals surface area contributed by atoms with E-state index in [9.17, 15) is 14.0 Å². The molecule has 2 aliphatic rings. The van der Waals surface area contributed by atoms with E-state index >= 15 is 0 Å². The third-order valence-corrected chi connectivity index (χ3v) is 7.06. The Morgan fingerprint density at radius 2 is 1.56 bits per heavy atom. The van der Waals surface area contributed by atoms with Gasteiger partial charge >= 0.3 is 0 Å². The van der Waals surface area contributed by atoms with Crippen LogP contribution in [0.25, 0.3) is 0 Å². The van der Waals surface area contributed by atoms with Crippen molar-refractivity contribution in [2.45, 2.75) is 57.4 Å². The molecule has 2 aromatic carbocycles. The van der Waals surface area contributed by atoms with Crippen molar-refractivity contribution in [2.75, 3.05) is 13.1 Å². The van der Waals surface area contributed by atoms with E-state index in [0.717, 1.165) is 6.42 Å². The van der Waals surface area contributed by atoms with Gasteiger partial charge in [-0.3, -0.25) is 9.59 Å². The molecule has 0 spiro atoms. The zero-order chi connectivity index (χ0) is 22.3. The van der Waals surface area contributed by atoms with E-state index in [0.29, 0.717) is 37.4 Å². The molecule has 0 radical (unpaired) electrons. The van der Waals surface area contributed by atoms with Crippen molar-refractivity contribution in [1.29, 1.82) is 0 Å². The molecule has 1 saturated carbocycles. The van der Waals surface area contributed by atoms with Gasteiger partial charge < -0.3 is 10.2 Å². The molecule has 1 aliphatic carbocycles. The molecule has 0 bridgehead atoms. The number of hydrogen-bond donors (Lipinski definition) is 1. The summed E-state index contributed by atoms with van der Waals surface area (Å²) < 4.78 is 13.1. The summed E-state index contributed by atoms with van der Waals surface area (Å²) >= 11 is 0. The van der Waals surface area contributed by atoms with Crippen molar-refractivity contribution < 1.29 is 14.0 Å². The van der Waals surface area contributed by atoms with E-state index in [2.05, 4.69) is 17.4 Å². The minimum atomic E-state index is -0.349. The summed E-state index contributed by atoms with van der Waals surface area (Å²) in [6.45, 7) is 1.10. The highest BCUT2D eigenvalue weighted by atomic mass is 19.1. The van der Waals surface area contributed by atoms with Gasteiger partial charge in [-0.25, -0.2) is 4.39 Å². The second-order valence-corrected chi connectivity index (χ2v) is 9.28. The summed E-state index contributed by atoms with van der Waals surface area (Å²) in [4.78, 5) is 27.6. The number of rotatable bonds is 6. The van der Waals surface area contributed by atoms with Gasteiger partial charge in [0.2, 0.25) is 5.91 Å². The van der Waals surface area contributed by atoms with Crippen LogP contribution in [-0.2, 0) is 4.79 Å². The summed E-state index contributed by atoms with van der Waals surface area (Å²) in [5.74, 6) is 0.249. The summed E-state index contributed by atoms with van der Waals surface area (Å²) in [6.07, 6.45) is 8.73. The fourth-order valence-corrected chi connectivity index (χ4v) is 5.13. The Bertz CT molecular complexity index is 886. The predicted molar refractivity (Wildman–Crippen MR) is 124 cm³/mol. The molecule has 0 aromatic heterocycles. The molecule has 2 aromatic rings. The highest BCUT2D eigenvalue weighted by Crippen LogP contribution is 2.32. The molecular weight excluding hydrogens is 403 g/mol. The largest absolute Gasteiger partial charge is 0.349 e. The Hall–Kier alpha value is -2.69. The van der Waals surface area contributed by atoms with Gasteiger partial charge in [-0.1, -0.05) is 62.4 Å². The third-order valence-electron chi connectivity index (χ3n) is 7.06. The van der Waals surface area contributed by atoms with Gasteiger partial charge in [-0.15, -0.1) is 0 Å². The van der Waals surface area contributed by atoms with Crippen LogP contribution in [0.3, 0.4) is 0 Å². The van der Waals surface area contributed by atoms with Crippen LogP contribution in [0.5, 0.6) is 0 Å². The molecular formula is C27H33FN2O2. The number of amides is 2. The van der Waals surface area contributed by atoms with E-state index in [1.807, 2.05) is 18.2 Å². The predicted octanol–water partition coefficient (Wildman–Crippen LogP) is 5.51. The molecule has 4 rings (SSSR count). The minimum absolute atomic E-state index is 0.0469. The number of likely N-dealkylation sites (tertiary alicyclic amines) is 1. The Morgan fingerprint density at radius 3 is 2.22 bits per heavy atom. The summed E-state index contributed by atoms with van der Waals surface area (Å²) in [6, 6.07) is 16.0. The fourth-order valence-electron chi connectivity index (χ4n) is 5.13. The second-order valence-electron chi connectivity index (χ2n) is 9.28. The first-order valence-corrected chi connectivity index (χ1v) is 12.0. The minimum Gasteiger partial charge on any atom is -0.349 e. The van der Waals surface area contributed by atoms with Gasteiger partial charge in [0.05, 0.1) is 6.04 Å². The highest BCUT2D eigenvalue weighted by Gasteiger charge is 2.30. The highest BCUT2D eigenvalue weighted by molar-refractivity contribution is 5.94. The molecule has 32 heavy (non-hydrogen) atoms. The van der Waals surface area contributed by atoms with Crippen molar-refractivity contribution in [1.82, 2.24) is 10.2 Å². The van der Waals surface area contributed by atoms with Crippen LogP contribution < -0.4 is 5.32 Å². The number of piperidine rings is 1. The van der Waals surface area contributed by atoms with E-state index in [-0.39, 0.29) is 29.6 Å². The molecule has 1 unspecified atom stereocenters. The number of carbonyl (C=O) groups excluding carboxylic acids is 2. The SMILES string of the molecule is O=C(NC(CC1CCCCC1)c1ccccc1)C1CCN(C(=O)c2ccc(F)cc2)CC1. The molecule has 1 aliphatic heterocycles. The maximum Gasteiger partial charge on any atom is 0.253 e. The Balaban J connectivity index is 1.34. The average molecular weight is 437 g/mol. The second kappa shape index (κ2) is 10.8. The third kappa shape index (κ3) is 5.76. The summed E-state index contributed by atoms with van der Waals surface area (Å²) in [5, 5.41) is 3.35. The Labute approximate surface area is 190 Å². The van der Waals surface area contributed by atoms with Gasteiger partial charge in [-0.05, 0) is 55.0 Å². The summed E-state index contributed by atoms with van der Waals surface area (Å²) in [5.41, 5.74) is 1.67. The first kappa shape index (κ1) is 22.5. The number of nitrogens with zero attached hydrogens (tertiary/aromatic N) is 1. The van der Waals surface area contributed by atoms with Crippen molar-refractivity contribution in [3.05, 3.63) is 71.5 Å². The van der Waals surface area contributed by atoms with E-state index in [1.165, 1.54) is 61.9 Å². The van der Waals surface area contributed by atoms with Crippen LogP contribution in [0.2, 0.25) is 0 Å². The summed E-state index contributed by atoms with van der Waals surface area (Å²) in [7, 11) is 0. The number of halogens is 1. The zero-order valence-corrected chi connectivity index (χ0v) is 18.6. The molecule has 1 atom stereocenters. The molecule has 2 amide bonds. The molecule has 4 nitrogen and oxygen atoms in total. The molecule has 170 valence electrons. The lowest BCUT2D eigenvalue weighted by Crippen LogP contribution is -2.44. The standard InChI is InChI=1S/C27H33FN2O2/c28-24-13-11-23(12-14-24)27(32)30-17-15-22(16-18-30)26(31)29-25(21-9-5-2-6-10-21)19-20-7-3-1-4-8-20/h2,5-6,9-14,20,22,25H,1,3-4,7-8,15-19H2,(H,29,31). The van der Waals surface area contributed by atoms with Gasteiger partial charge in [0, 0.05) is 24.6 Å². The van der Waals surface area contributed by atoms with Gasteiger partial charge in [0.15, 0.2) is 0 Å². The maximum absolute atomic E-state index is 13.2. The van der Waals surface area contributed by atoms with Crippen LogP contribution in [0.4, 0.5) is 4.39 Å². The molecule has 1 heterocycles. The number of carbonyl (C=O) groups is 2. The Morgan fingerprint density at radius 1 is 0.906 bits per heavy atom. The van der Waals surface area contributed by atoms with Crippen molar-refractivity contribution >= 4 is 11.8 Å². The van der Waals surface area contributed by atoms with E-state index in [4.69, 9.17) is 0 Å². The average Bonchev–Trinajstić information content (AvgIpc) is 2.85. The van der Waals surface area contributed by atoms with Crippen molar-refractivity contribution in [2.24, 2.45) is 11.8 Å². The van der Waals surface area contributed by atoms with E-state index < -0.39 is 0 Å². The first-order chi connectivity index (χ1) is 15.6. The molecule has 2 fully saturated rings. The monoisotopic (exact) mass is 436 g/mol. The topological polar surface area (TPSA) is 49.4 Å². The molecule has 1 N–H and O–H groups in total. The lowest BCUT2D eigenvalue weighted by molar-refractivity contribution is -0.127. The first-order valence-electron chi connectivity index (χ1n) is 12.0. The van der Waals surface area contributed by atoms with Crippen LogP contribution in [-0.4, -0.2) is 29.8 Å². The van der Waals surface area contributed by atoms with Crippen molar-refractivity contribution in [3.63, 3.8) is 0 Å². The normalized spacial score (nSPS) is 18.8. The number of benzene rings is 2. The zero-order valence-electron chi connectivity index (χ0n) is 18.6. The van der Waals surface area contributed by atoms with Gasteiger partial charge in [0.25, 0.3) is 5.91 Å². The maximum atomic E-state index is 13.2. The quantitative estimate of drug-likeness (QED) is 0.649. The molecule has 1 saturated heterocycles. The lowest BCUT2D eigenvalue weighted by Gasteiger charge is -2.33. The fraction of sp³-hybridized carbons (Fsp3) is 0.481. The van der Waals surface area contributed by atoms with Crippen molar-refractivity contribution in [3.8, 4) is 0 Å². The van der Waals surface area contributed by atoms with Gasteiger partial charge in [-0.2, -0.15) is 0 Å². The Kier molecular flexibility index (Phi) is 7.56. The van der Waals surface area contributed by atoms with Crippen LogP contribution >= 0.6 is 0 Å². The van der Waals surface area contributed by atoms with Crippen LogP contribution in [0, 0.1) is 17.7 Å². The lowest BCUT2D eigenvalue weighted by atomic mass is 9.83. The van der Waals surface area contributed by atoms with Gasteiger partial charge in [0.1, 0.15) is 5.82 Å². The van der Waals surface area contributed by atoms with E-state index in [1.54, 1.807) is 4.90 Å².